The molecule has 0 unspecified atom stereocenters. The molecule has 0 aromatic heterocycles. The van der Waals surface area contributed by atoms with Gasteiger partial charge in [0.1, 0.15) is 0 Å². The van der Waals surface area contributed by atoms with Crippen LogP contribution in [-0.4, -0.2) is 88.8 Å². The van der Waals surface area contributed by atoms with Gasteiger partial charge in [-0.2, -0.15) is 0 Å². The van der Waals surface area contributed by atoms with E-state index >= 15 is 0 Å². The molecule has 47 heavy (non-hydrogen) atoms. The summed E-state index contributed by atoms with van der Waals surface area (Å²) in [7, 11) is 5.15. The Labute approximate surface area is 296 Å². The predicted octanol–water partition coefficient (Wildman–Crippen LogP) is 11.9. The molecule has 2 heterocycles. The van der Waals surface area contributed by atoms with Gasteiger partial charge in [0.15, 0.2) is 0 Å². The van der Waals surface area contributed by atoms with Gasteiger partial charge in [0.25, 0.3) is 0 Å². The summed E-state index contributed by atoms with van der Waals surface area (Å²) in [6.07, 6.45) is 38.8. The summed E-state index contributed by atoms with van der Waals surface area (Å²) in [4.78, 5) is 0. The van der Waals surface area contributed by atoms with Crippen LogP contribution in [0.3, 0.4) is 0 Å². The van der Waals surface area contributed by atoms with Crippen LogP contribution in [0.1, 0.15) is 194 Å². The largest absolute Gasteiger partial charge is 0.381 e. The lowest BCUT2D eigenvalue weighted by atomic mass is 9.80. The summed E-state index contributed by atoms with van der Waals surface area (Å²) in [5.41, 5.74) is 0.334. The lowest BCUT2D eigenvalue weighted by molar-refractivity contribution is -0.928. The molecule has 2 rings (SSSR count). The van der Waals surface area contributed by atoms with Gasteiger partial charge in [-0.25, -0.2) is 0 Å². The Morgan fingerprint density at radius 2 is 0.723 bits per heavy atom. The van der Waals surface area contributed by atoms with Crippen LogP contribution in [-0.2, 0) is 9.47 Å². The number of likely N-dealkylation sites (tertiary alicyclic amines) is 2. The van der Waals surface area contributed by atoms with Gasteiger partial charge in [-0.1, -0.05) is 142 Å². The molecule has 0 spiro atoms. The Kier molecular flexibility index (Phi) is 25.2. The number of quaternary nitrogens is 2. The predicted molar refractivity (Wildman–Crippen MR) is 206 cm³/mol. The molecular formula is C43H88N2O2+2. The third kappa shape index (κ3) is 21.6. The summed E-state index contributed by atoms with van der Waals surface area (Å²) < 4.78 is 15.2. The first-order valence-electron chi connectivity index (χ1n) is 21.8. The van der Waals surface area contributed by atoms with Crippen LogP contribution < -0.4 is 0 Å². The molecule has 2 aliphatic heterocycles. The molecule has 2 fully saturated rings. The molecule has 0 N–H and O–H groups in total. The van der Waals surface area contributed by atoms with E-state index in [-0.39, 0.29) is 0 Å². The number of nitrogens with zero attached hydrogens (tertiary/aromatic N) is 2. The summed E-state index contributed by atoms with van der Waals surface area (Å²) in [5.74, 6) is 0. The van der Waals surface area contributed by atoms with Gasteiger partial charge in [0, 0.05) is 45.5 Å². The summed E-state index contributed by atoms with van der Waals surface area (Å²) >= 11 is 0. The first-order chi connectivity index (χ1) is 22.9. The van der Waals surface area contributed by atoms with Crippen LogP contribution in [0.15, 0.2) is 0 Å². The van der Waals surface area contributed by atoms with Crippen LogP contribution in [0.5, 0.6) is 0 Å². The fraction of sp³-hybridized carbons (Fsp3) is 1.00. The maximum absolute atomic E-state index is 6.74. The van der Waals surface area contributed by atoms with E-state index in [4.69, 9.17) is 9.47 Å². The zero-order valence-electron chi connectivity index (χ0n) is 33.1. The van der Waals surface area contributed by atoms with Crippen molar-refractivity contribution < 1.29 is 18.4 Å². The van der Waals surface area contributed by atoms with Gasteiger partial charge in [-0.3, -0.25) is 0 Å². The van der Waals surface area contributed by atoms with E-state index in [0.717, 1.165) is 26.4 Å². The van der Waals surface area contributed by atoms with Crippen molar-refractivity contribution in [3.63, 3.8) is 0 Å². The molecule has 0 radical (unpaired) electrons. The van der Waals surface area contributed by atoms with Crippen molar-refractivity contribution in [3.05, 3.63) is 0 Å². The fourth-order valence-electron chi connectivity index (χ4n) is 9.16. The van der Waals surface area contributed by atoms with Gasteiger partial charge in [-0.15, -0.1) is 0 Å². The zero-order valence-corrected chi connectivity index (χ0v) is 33.1. The van der Waals surface area contributed by atoms with Crippen molar-refractivity contribution in [2.45, 2.75) is 194 Å². The highest BCUT2D eigenvalue weighted by Crippen LogP contribution is 2.36. The Bertz CT molecular complexity index is 627. The molecule has 4 nitrogen and oxygen atoms in total. The van der Waals surface area contributed by atoms with Gasteiger partial charge >= 0.3 is 0 Å². The first-order valence-corrected chi connectivity index (χ1v) is 21.8. The summed E-state index contributed by atoms with van der Waals surface area (Å²) in [6, 6.07) is 0. The van der Waals surface area contributed by atoms with Crippen molar-refractivity contribution >= 4 is 0 Å². The standard InChI is InChI=1S/C43H88N2O2/c1-5-7-9-11-12-13-14-15-16-18-23-31-39-47-42-43(40-44(3)33-25-26-34-44,41-45(4)35-27-28-36-45)32-24-20-17-19-22-30-38-46-37-29-21-10-8-6-2/h5-42H2,1-4H3/q+2. The van der Waals surface area contributed by atoms with Crippen molar-refractivity contribution in [1.29, 1.82) is 0 Å². The minimum absolute atomic E-state index is 0.334. The highest BCUT2D eigenvalue weighted by molar-refractivity contribution is 4.82. The minimum atomic E-state index is 0.334. The smallest absolute Gasteiger partial charge is 0.0919 e. The Morgan fingerprint density at radius 3 is 1.11 bits per heavy atom. The summed E-state index contributed by atoms with van der Waals surface area (Å²) in [6.45, 7) is 16.7. The molecule has 4 heteroatoms. The van der Waals surface area contributed by atoms with Crippen molar-refractivity contribution in [3.8, 4) is 0 Å². The molecule has 0 atom stereocenters. The number of hydrogen-bond donors (Lipinski definition) is 0. The second kappa shape index (κ2) is 27.5. The number of unbranched alkanes of at least 4 members (excludes halogenated alkanes) is 20. The van der Waals surface area contributed by atoms with Crippen LogP contribution in [0.4, 0.5) is 0 Å². The SMILES string of the molecule is CCCCCCCCCCCCCCOCC(CCCCCCCCOCCCCCCC)(C[N+]1(C)CCCC1)C[N+]1(C)CCCC1. The average molecular weight is 665 g/mol. The van der Waals surface area contributed by atoms with Crippen LogP contribution in [0.2, 0.25) is 0 Å². The van der Waals surface area contributed by atoms with Gasteiger partial charge in [-0.05, 0) is 25.7 Å². The third-order valence-electron chi connectivity index (χ3n) is 11.9. The fourth-order valence-corrected chi connectivity index (χ4v) is 9.16. The van der Waals surface area contributed by atoms with Crippen molar-refractivity contribution in [2.24, 2.45) is 5.41 Å². The molecule has 0 bridgehead atoms. The quantitative estimate of drug-likeness (QED) is 0.0503. The average Bonchev–Trinajstić information content (AvgIpc) is 3.68. The molecule has 0 amide bonds. The second-order valence-electron chi connectivity index (χ2n) is 17.2. The van der Waals surface area contributed by atoms with Crippen molar-refractivity contribution in [2.75, 3.05) is 79.8 Å². The Hall–Kier alpha value is -0.160. The van der Waals surface area contributed by atoms with E-state index < -0.39 is 0 Å². The van der Waals surface area contributed by atoms with E-state index in [0.29, 0.717) is 5.41 Å². The lowest BCUT2D eigenvalue weighted by Gasteiger charge is -2.45. The molecule has 280 valence electrons. The topological polar surface area (TPSA) is 18.5 Å². The normalized spacial score (nSPS) is 17.6. The Balaban J connectivity index is 1.72. The second-order valence-corrected chi connectivity index (χ2v) is 17.2. The molecule has 2 saturated heterocycles. The molecule has 0 aliphatic carbocycles. The van der Waals surface area contributed by atoms with Crippen molar-refractivity contribution in [1.82, 2.24) is 0 Å². The molecule has 0 saturated carbocycles. The van der Waals surface area contributed by atoms with Crippen LogP contribution >= 0.6 is 0 Å². The highest BCUT2D eigenvalue weighted by Gasteiger charge is 2.46. The number of rotatable bonds is 34. The first kappa shape index (κ1) is 43.0. The number of hydrogen-bond acceptors (Lipinski definition) is 2. The van der Waals surface area contributed by atoms with E-state index in [1.807, 2.05) is 0 Å². The molecule has 0 aromatic carbocycles. The summed E-state index contributed by atoms with van der Waals surface area (Å²) in [5, 5.41) is 0. The highest BCUT2D eigenvalue weighted by atomic mass is 16.5. The maximum Gasteiger partial charge on any atom is 0.0919 e. The Morgan fingerprint density at radius 1 is 0.404 bits per heavy atom. The van der Waals surface area contributed by atoms with E-state index in [2.05, 4.69) is 27.9 Å². The van der Waals surface area contributed by atoms with Crippen LogP contribution in [0, 0.1) is 5.41 Å². The molecule has 2 aliphatic rings. The van der Waals surface area contributed by atoms with Gasteiger partial charge in [0.2, 0.25) is 0 Å². The molecule has 0 aromatic rings. The minimum Gasteiger partial charge on any atom is -0.381 e. The third-order valence-corrected chi connectivity index (χ3v) is 11.9. The van der Waals surface area contributed by atoms with Gasteiger partial charge < -0.3 is 18.4 Å². The monoisotopic (exact) mass is 665 g/mol. The zero-order chi connectivity index (χ0) is 33.8. The number of ether oxygens (including phenoxy) is 2. The van der Waals surface area contributed by atoms with Crippen LogP contribution in [0.25, 0.3) is 0 Å². The van der Waals surface area contributed by atoms with E-state index in [1.54, 1.807) is 0 Å². The maximum atomic E-state index is 6.74. The van der Waals surface area contributed by atoms with Gasteiger partial charge in [0.05, 0.1) is 65.4 Å². The molecular weight excluding hydrogens is 576 g/mol. The van der Waals surface area contributed by atoms with E-state index in [9.17, 15) is 0 Å². The lowest BCUT2D eigenvalue weighted by Crippen LogP contribution is -2.58. The van der Waals surface area contributed by atoms with E-state index in [1.165, 1.54) is 228 Å².